The monoisotopic (exact) mass is 229 g/mol. The average Bonchev–Trinajstić information content (AvgIpc) is 2.23. The zero-order valence-electron chi connectivity index (χ0n) is 10.7. The van der Waals surface area contributed by atoms with Crippen molar-refractivity contribution in [2.45, 2.75) is 51.6 Å². The van der Waals surface area contributed by atoms with Gasteiger partial charge in [0, 0.05) is 20.5 Å². The van der Waals surface area contributed by atoms with Gasteiger partial charge in [0.1, 0.15) is 5.60 Å². The highest BCUT2D eigenvalue weighted by molar-refractivity contribution is 5.84. The zero-order chi connectivity index (χ0) is 12.8. The topological polar surface area (TPSA) is 57.6 Å². The van der Waals surface area contributed by atoms with Crippen LogP contribution in [-0.2, 0) is 9.59 Å². The molecule has 0 aliphatic heterocycles. The van der Waals surface area contributed by atoms with Gasteiger partial charge in [-0.1, -0.05) is 6.92 Å². The van der Waals surface area contributed by atoms with E-state index in [9.17, 15) is 14.7 Å². The number of nitrogens with zero attached hydrogens (tertiary/aromatic N) is 1. The summed E-state index contributed by atoms with van der Waals surface area (Å²) in [6, 6.07) is 0. The molecule has 0 heterocycles. The van der Waals surface area contributed by atoms with Gasteiger partial charge in [-0.2, -0.15) is 0 Å². The Balaban J connectivity index is 3.89. The van der Waals surface area contributed by atoms with Crippen molar-refractivity contribution in [1.29, 1.82) is 0 Å². The van der Waals surface area contributed by atoms with Crippen LogP contribution in [0.15, 0.2) is 0 Å². The molecule has 0 spiro atoms. The van der Waals surface area contributed by atoms with Crippen LogP contribution in [0.4, 0.5) is 0 Å². The minimum Gasteiger partial charge on any atom is -0.382 e. The van der Waals surface area contributed by atoms with Gasteiger partial charge >= 0.3 is 0 Å². The Morgan fingerprint density at radius 1 is 1.25 bits per heavy atom. The maximum atomic E-state index is 11.3. The standard InChI is InChI=1S/C12H23NO3/c1-5-12(16,10(2)14)9-7-6-8-11(15)13(3)4/h16H,5-9H2,1-4H3. The van der Waals surface area contributed by atoms with Crippen LogP contribution >= 0.6 is 0 Å². The SMILES string of the molecule is CCC(O)(CCCCC(=O)N(C)C)C(C)=O. The van der Waals surface area contributed by atoms with E-state index >= 15 is 0 Å². The summed E-state index contributed by atoms with van der Waals surface area (Å²) in [7, 11) is 3.45. The van der Waals surface area contributed by atoms with Crippen LogP contribution in [0.1, 0.15) is 46.0 Å². The number of ketones is 1. The second kappa shape index (κ2) is 6.63. The van der Waals surface area contributed by atoms with Gasteiger partial charge in [-0.25, -0.2) is 0 Å². The Kier molecular flexibility index (Phi) is 6.26. The van der Waals surface area contributed by atoms with E-state index in [4.69, 9.17) is 0 Å². The van der Waals surface area contributed by atoms with Crippen molar-refractivity contribution in [3.8, 4) is 0 Å². The molecule has 1 amide bonds. The lowest BCUT2D eigenvalue weighted by Gasteiger charge is -2.23. The van der Waals surface area contributed by atoms with Crippen LogP contribution < -0.4 is 0 Å². The lowest BCUT2D eigenvalue weighted by Crippen LogP contribution is -2.36. The van der Waals surface area contributed by atoms with Crippen LogP contribution in [0, 0.1) is 0 Å². The first-order valence-corrected chi connectivity index (χ1v) is 5.77. The fourth-order valence-electron chi connectivity index (χ4n) is 1.52. The Morgan fingerprint density at radius 2 is 1.81 bits per heavy atom. The Labute approximate surface area is 97.6 Å². The maximum Gasteiger partial charge on any atom is 0.222 e. The first-order valence-electron chi connectivity index (χ1n) is 5.77. The summed E-state index contributed by atoms with van der Waals surface area (Å²) in [5, 5.41) is 9.93. The van der Waals surface area contributed by atoms with Crippen LogP contribution in [0.25, 0.3) is 0 Å². The number of Topliss-reactive ketones (excluding diaryl/α,β-unsaturated/α-hetero) is 1. The molecule has 0 aliphatic carbocycles. The molecule has 16 heavy (non-hydrogen) atoms. The molecule has 4 heteroatoms. The van der Waals surface area contributed by atoms with Gasteiger partial charge in [0.05, 0.1) is 0 Å². The first-order chi connectivity index (χ1) is 7.33. The van der Waals surface area contributed by atoms with Crippen LogP contribution in [-0.4, -0.2) is 41.4 Å². The highest BCUT2D eigenvalue weighted by Gasteiger charge is 2.29. The molecule has 0 aromatic carbocycles. The van der Waals surface area contributed by atoms with E-state index in [1.165, 1.54) is 6.92 Å². The largest absolute Gasteiger partial charge is 0.382 e. The number of hydrogen-bond donors (Lipinski definition) is 1. The molecule has 0 aromatic rings. The van der Waals surface area contributed by atoms with Gasteiger partial charge in [0.25, 0.3) is 0 Å². The quantitative estimate of drug-likeness (QED) is 0.671. The fourth-order valence-corrected chi connectivity index (χ4v) is 1.52. The van der Waals surface area contributed by atoms with Crippen molar-refractivity contribution in [1.82, 2.24) is 4.90 Å². The molecular formula is C12H23NO3. The zero-order valence-corrected chi connectivity index (χ0v) is 10.7. The smallest absolute Gasteiger partial charge is 0.222 e. The van der Waals surface area contributed by atoms with E-state index < -0.39 is 5.60 Å². The predicted molar refractivity (Wildman–Crippen MR) is 63.1 cm³/mol. The number of unbranched alkanes of at least 4 members (excludes halogenated alkanes) is 1. The minimum absolute atomic E-state index is 0.0860. The number of rotatable bonds is 7. The number of carbonyl (C=O) groups is 2. The van der Waals surface area contributed by atoms with Crippen LogP contribution in [0.3, 0.4) is 0 Å². The van der Waals surface area contributed by atoms with Crippen molar-refractivity contribution in [3.05, 3.63) is 0 Å². The normalized spacial score (nSPS) is 14.3. The van der Waals surface area contributed by atoms with Crippen LogP contribution in [0.5, 0.6) is 0 Å². The van der Waals surface area contributed by atoms with Crippen molar-refractivity contribution < 1.29 is 14.7 Å². The second-order valence-electron chi connectivity index (χ2n) is 4.44. The van der Waals surface area contributed by atoms with E-state index in [0.717, 1.165) is 0 Å². The molecule has 1 atom stereocenters. The summed E-state index contributed by atoms with van der Waals surface area (Å²) in [5.41, 5.74) is -1.19. The van der Waals surface area contributed by atoms with Gasteiger partial charge in [-0.15, -0.1) is 0 Å². The third-order valence-electron chi connectivity index (χ3n) is 2.97. The van der Waals surface area contributed by atoms with Gasteiger partial charge < -0.3 is 10.0 Å². The molecule has 0 saturated heterocycles. The molecule has 0 rings (SSSR count). The molecule has 0 aromatic heterocycles. The molecular weight excluding hydrogens is 206 g/mol. The van der Waals surface area contributed by atoms with Gasteiger partial charge in [0.15, 0.2) is 5.78 Å². The molecule has 1 unspecified atom stereocenters. The molecule has 0 aliphatic rings. The van der Waals surface area contributed by atoms with Crippen LogP contribution in [0.2, 0.25) is 0 Å². The molecule has 1 N–H and O–H groups in total. The van der Waals surface area contributed by atoms with E-state index in [1.807, 2.05) is 0 Å². The number of amides is 1. The van der Waals surface area contributed by atoms with E-state index in [-0.39, 0.29) is 11.7 Å². The highest BCUT2D eigenvalue weighted by atomic mass is 16.3. The maximum absolute atomic E-state index is 11.3. The number of hydrogen-bond acceptors (Lipinski definition) is 3. The molecule has 0 bridgehead atoms. The molecule has 0 radical (unpaired) electrons. The summed E-state index contributed by atoms with van der Waals surface area (Å²) in [6.07, 6.45) is 2.77. The minimum atomic E-state index is -1.19. The summed E-state index contributed by atoms with van der Waals surface area (Å²) in [4.78, 5) is 24.0. The Bertz CT molecular complexity index is 251. The molecule has 0 saturated carbocycles. The first kappa shape index (κ1) is 15.1. The molecule has 4 nitrogen and oxygen atoms in total. The molecule has 0 fully saturated rings. The molecule has 94 valence electrons. The van der Waals surface area contributed by atoms with E-state index in [1.54, 1.807) is 25.9 Å². The third-order valence-corrected chi connectivity index (χ3v) is 2.97. The average molecular weight is 229 g/mol. The van der Waals surface area contributed by atoms with E-state index in [0.29, 0.717) is 32.1 Å². The highest BCUT2D eigenvalue weighted by Crippen LogP contribution is 2.20. The second-order valence-corrected chi connectivity index (χ2v) is 4.44. The lowest BCUT2D eigenvalue weighted by molar-refractivity contribution is -0.136. The third kappa shape index (κ3) is 4.75. The Morgan fingerprint density at radius 3 is 2.19 bits per heavy atom. The number of aliphatic hydroxyl groups is 1. The number of carbonyl (C=O) groups excluding carboxylic acids is 2. The summed E-state index contributed by atoms with van der Waals surface area (Å²) in [6.45, 7) is 3.21. The van der Waals surface area contributed by atoms with Crippen molar-refractivity contribution in [2.75, 3.05) is 14.1 Å². The predicted octanol–water partition coefficient (Wildman–Crippen LogP) is 1.37. The van der Waals surface area contributed by atoms with Crippen molar-refractivity contribution in [2.24, 2.45) is 0 Å². The van der Waals surface area contributed by atoms with Gasteiger partial charge in [-0.3, -0.25) is 9.59 Å². The van der Waals surface area contributed by atoms with Crippen molar-refractivity contribution >= 4 is 11.7 Å². The fraction of sp³-hybridized carbons (Fsp3) is 0.833. The summed E-state index contributed by atoms with van der Waals surface area (Å²) in [5.74, 6) is -0.100. The van der Waals surface area contributed by atoms with Gasteiger partial charge in [-0.05, 0) is 32.6 Å². The Hall–Kier alpha value is -0.900. The lowest BCUT2D eigenvalue weighted by atomic mass is 9.90. The summed E-state index contributed by atoms with van der Waals surface area (Å²) < 4.78 is 0. The van der Waals surface area contributed by atoms with E-state index in [2.05, 4.69) is 0 Å². The van der Waals surface area contributed by atoms with Crippen molar-refractivity contribution in [3.63, 3.8) is 0 Å². The van der Waals surface area contributed by atoms with Gasteiger partial charge in [0.2, 0.25) is 5.91 Å². The summed E-state index contributed by atoms with van der Waals surface area (Å²) >= 11 is 0.